The number of Topliss-reactive ketones (excluding diaryl/α,β-unsaturated/α-hetero) is 1. The summed E-state index contributed by atoms with van der Waals surface area (Å²) in [5, 5.41) is 0. The summed E-state index contributed by atoms with van der Waals surface area (Å²) < 4.78 is 5.41. The lowest BCUT2D eigenvalue weighted by Crippen LogP contribution is -2.50. The van der Waals surface area contributed by atoms with Crippen LogP contribution in [-0.4, -0.2) is 53.5 Å². The standard InChI is InChI=1S/C18H27N3O3/c1-6-15(22)14-11-13(2)16(19-12-14)20-7-9-21(10-8-20)17(23)24-18(3,4)5/h11-12H,6-10H2,1-5H3. The van der Waals surface area contributed by atoms with Crippen LogP contribution in [-0.2, 0) is 4.74 Å². The number of anilines is 1. The molecule has 0 radical (unpaired) electrons. The van der Waals surface area contributed by atoms with Crippen LogP contribution < -0.4 is 4.90 Å². The van der Waals surface area contributed by atoms with Crippen LogP contribution in [0.1, 0.15) is 50.0 Å². The molecule has 1 amide bonds. The molecule has 0 aliphatic carbocycles. The normalized spacial score (nSPS) is 15.4. The highest BCUT2D eigenvalue weighted by Crippen LogP contribution is 2.21. The maximum atomic E-state index is 12.1. The molecule has 0 spiro atoms. The number of pyridine rings is 1. The molecule has 0 atom stereocenters. The number of rotatable bonds is 3. The molecule has 1 aromatic heterocycles. The quantitative estimate of drug-likeness (QED) is 0.796. The highest BCUT2D eigenvalue weighted by Gasteiger charge is 2.26. The molecule has 0 N–H and O–H groups in total. The van der Waals surface area contributed by atoms with Gasteiger partial charge in [0.05, 0.1) is 0 Å². The van der Waals surface area contributed by atoms with E-state index in [1.807, 2.05) is 40.7 Å². The maximum Gasteiger partial charge on any atom is 0.410 e. The van der Waals surface area contributed by atoms with E-state index >= 15 is 0 Å². The van der Waals surface area contributed by atoms with Gasteiger partial charge in [0.1, 0.15) is 11.4 Å². The number of hydrogen-bond acceptors (Lipinski definition) is 5. The fourth-order valence-corrected chi connectivity index (χ4v) is 2.68. The van der Waals surface area contributed by atoms with Crippen molar-refractivity contribution in [2.45, 2.75) is 46.6 Å². The molecule has 132 valence electrons. The summed E-state index contributed by atoms with van der Waals surface area (Å²) in [5.74, 6) is 0.985. The number of amides is 1. The molecule has 1 fully saturated rings. The summed E-state index contributed by atoms with van der Waals surface area (Å²) in [6, 6.07) is 1.90. The van der Waals surface area contributed by atoms with Crippen molar-refractivity contribution in [1.82, 2.24) is 9.88 Å². The SMILES string of the molecule is CCC(=O)c1cnc(N2CCN(C(=O)OC(C)(C)C)CC2)c(C)c1. The molecule has 1 aliphatic rings. The van der Waals surface area contributed by atoms with Crippen LogP contribution >= 0.6 is 0 Å². The van der Waals surface area contributed by atoms with Crippen molar-refractivity contribution in [3.05, 3.63) is 23.4 Å². The van der Waals surface area contributed by atoms with E-state index < -0.39 is 5.60 Å². The van der Waals surface area contributed by atoms with Crippen LogP contribution in [0.5, 0.6) is 0 Å². The first-order valence-corrected chi connectivity index (χ1v) is 8.44. The van der Waals surface area contributed by atoms with Gasteiger partial charge in [0.25, 0.3) is 0 Å². The topological polar surface area (TPSA) is 62.7 Å². The van der Waals surface area contributed by atoms with E-state index in [-0.39, 0.29) is 11.9 Å². The molecule has 2 heterocycles. The number of aromatic nitrogens is 1. The second-order valence-electron chi connectivity index (χ2n) is 7.10. The molecular formula is C18H27N3O3. The molecular weight excluding hydrogens is 306 g/mol. The van der Waals surface area contributed by atoms with Crippen molar-refractivity contribution in [2.75, 3.05) is 31.1 Å². The summed E-state index contributed by atoms with van der Waals surface area (Å²) >= 11 is 0. The minimum absolute atomic E-state index is 0.104. The molecule has 6 heteroatoms. The van der Waals surface area contributed by atoms with E-state index in [1.165, 1.54) is 0 Å². The van der Waals surface area contributed by atoms with Crippen LogP contribution in [0.2, 0.25) is 0 Å². The molecule has 6 nitrogen and oxygen atoms in total. The number of nitrogens with zero attached hydrogens (tertiary/aromatic N) is 3. The lowest BCUT2D eigenvalue weighted by molar-refractivity contribution is 0.0240. The number of carbonyl (C=O) groups is 2. The van der Waals surface area contributed by atoms with Gasteiger partial charge in [-0.3, -0.25) is 4.79 Å². The second-order valence-corrected chi connectivity index (χ2v) is 7.10. The van der Waals surface area contributed by atoms with Gasteiger partial charge in [0.15, 0.2) is 5.78 Å². The highest BCUT2D eigenvalue weighted by atomic mass is 16.6. The van der Waals surface area contributed by atoms with Crippen molar-refractivity contribution in [2.24, 2.45) is 0 Å². The first-order chi connectivity index (χ1) is 11.2. The third-order valence-electron chi connectivity index (χ3n) is 3.92. The molecule has 0 unspecified atom stereocenters. The Balaban J connectivity index is 2.00. The van der Waals surface area contributed by atoms with E-state index in [4.69, 9.17) is 4.74 Å². The number of aryl methyl sites for hydroxylation is 1. The zero-order chi connectivity index (χ0) is 17.9. The Morgan fingerprint density at radius 2 is 1.83 bits per heavy atom. The van der Waals surface area contributed by atoms with Gasteiger partial charge in [-0.1, -0.05) is 6.92 Å². The lowest BCUT2D eigenvalue weighted by Gasteiger charge is -2.36. The predicted molar refractivity (Wildman–Crippen MR) is 93.6 cm³/mol. The Bertz CT molecular complexity index is 614. The molecule has 1 aromatic rings. The third-order valence-corrected chi connectivity index (χ3v) is 3.92. The van der Waals surface area contributed by atoms with E-state index in [0.717, 1.165) is 11.4 Å². The monoisotopic (exact) mass is 333 g/mol. The lowest BCUT2D eigenvalue weighted by atomic mass is 10.1. The molecule has 0 saturated carbocycles. The predicted octanol–water partition coefficient (Wildman–Crippen LogP) is 3.04. The fraction of sp³-hybridized carbons (Fsp3) is 0.611. The summed E-state index contributed by atoms with van der Waals surface area (Å²) in [6.07, 6.45) is 1.86. The Kier molecular flexibility index (Phi) is 5.47. The average Bonchev–Trinajstić information content (AvgIpc) is 2.52. The molecule has 1 saturated heterocycles. The molecule has 0 aromatic carbocycles. The van der Waals surface area contributed by atoms with E-state index in [2.05, 4.69) is 9.88 Å². The fourth-order valence-electron chi connectivity index (χ4n) is 2.68. The largest absolute Gasteiger partial charge is 0.444 e. The molecule has 1 aliphatic heterocycles. The first kappa shape index (κ1) is 18.2. The summed E-state index contributed by atoms with van der Waals surface area (Å²) in [5.41, 5.74) is 1.17. The van der Waals surface area contributed by atoms with Gasteiger partial charge in [0, 0.05) is 44.4 Å². The summed E-state index contributed by atoms with van der Waals surface area (Å²) in [7, 11) is 0. The van der Waals surface area contributed by atoms with Gasteiger partial charge < -0.3 is 14.5 Å². The number of piperazine rings is 1. The average molecular weight is 333 g/mol. The van der Waals surface area contributed by atoms with Crippen molar-refractivity contribution < 1.29 is 14.3 Å². The number of carbonyl (C=O) groups excluding carboxylic acids is 2. The van der Waals surface area contributed by atoms with Crippen LogP contribution in [0.15, 0.2) is 12.3 Å². The van der Waals surface area contributed by atoms with Crippen LogP contribution in [0, 0.1) is 6.92 Å². The zero-order valence-electron chi connectivity index (χ0n) is 15.3. The first-order valence-electron chi connectivity index (χ1n) is 8.44. The van der Waals surface area contributed by atoms with Gasteiger partial charge in [-0.15, -0.1) is 0 Å². The van der Waals surface area contributed by atoms with Gasteiger partial charge in [-0.2, -0.15) is 0 Å². The Labute approximate surface area is 143 Å². The number of ketones is 1. The zero-order valence-corrected chi connectivity index (χ0v) is 15.3. The Morgan fingerprint density at radius 1 is 1.21 bits per heavy atom. The number of ether oxygens (including phenoxy) is 1. The van der Waals surface area contributed by atoms with Crippen LogP contribution in [0.3, 0.4) is 0 Å². The molecule has 2 rings (SSSR count). The second kappa shape index (κ2) is 7.20. The smallest absolute Gasteiger partial charge is 0.410 e. The van der Waals surface area contributed by atoms with Crippen molar-refractivity contribution >= 4 is 17.7 Å². The molecule has 24 heavy (non-hydrogen) atoms. The third kappa shape index (κ3) is 4.46. The van der Waals surface area contributed by atoms with Gasteiger partial charge in [-0.05, 0) is 39.3 Å². The number of hydrogen-bond donors (Lipinski definition) is 0. The minimum atomic E-state index is -0.478. The van der Waals surface area contributed by atoms with Crippen molar-refractivity contribution in [3.8, 4) is 0 Å². The minimum Gasteiger partial charge on any atom is -0.444 e. The van der Waals surface area contributed by atoms with E-state index in [0.29, 0.717) is 38.2 Å². The van der Waals surface area contributed by atoms with Crippen molar-refractivity contribution in [1.29, 1.82) is 0 Å². The van der Waals surface area contributed by atoms with Gasteiger partial charge in [-0.25, -0.2) is 9.78 Å². The van der Waals surface area contributed by atoms with Crippen LogP contribution in [0.4, 0.5) is 10.6 Å². The Morgan fingerprint density at radius 3 is 2.33 bits per heavy atom. The van der Waals surface area contributed by atoms with E-state index in [1.54, 1.807) is 11.1 Å². The van der Waals surface area contributed by atoms with Gasteiger partial charge >= 0.3 is 6.09 Å². The maximum absolute atomic E-state index is 12.1. The van der Waals surface area contributed by atoms with Gasteiger partial charge in [0.2, 0.25) is 0 Å². The van der Waals surface area contributed by atoms with Crippen molar-refractivity contribution in [3.63, 3.8) is 0 Å². The summed E-state index contributed by atoms with van der Waals surface area (Å²) in [4.78, 5) is 32.2. The summed E-state index contributed by atoms with van der Waals surface area (Å²) in [6.45, 7) is 12.0. The Hall–Kier alpha value is -2.11. The van der Waals surface area contributed by atoms with Crippen LogP contribution in [0.25, 0.3) is 0 Å². The molecule has 0 bridgehead atoms. The van der Waals surface area contributed by atoms with E-state index in [9.17, 15) is 9.59 Å². The highest BCUT2D eigenvalue weighted by molar-refractivity contribution is 5.96.